The van der Waals surface area contributed by atoms with E-state index in [2.05, 4.69) is 43.2 Å². The zero-order chi connectivity index (χ0) is 14.7. The Balaban J connectivity index is 2.39. The third kappa shape index (κ3) is 2.76. The third-order valence-corrected chi connectivity index (χ3v) is 4.34. The molecule has 2 rings (SSSR count). The first-order valence-corrected chi connectivity index (χ1v) is 7.28. The maximum atomic E-state index is 5.70. The summed E-state index contributed by atoms with van der Waals surface area (Å²) in [5.41, 5.74) is 2.42. The van der Waals surface area contributed by atoms with Gasteiger partial charge >= 0.3 is 0 Å². The van der Waals surface area contributed by atoms with Crippen molar-refractivity contribution in [1.82, 2.24) is 5.32 Å². The number of benzene rings is 1. The maximum Gasteiger partial charge on any atom is 0.125 e. The fraction of sp³-hybridized carbons (Fsp3) is 0.625. The van der Waals surface area contributed by atoms with Crippen LogP contribution in [-0.4, -0.2) is 40.0 Å². The van der Waals surface area contributed by atoms with Gasteiger partial charge in [-0.2, -0.15) is 0 Å². The number of likely N-dealkylation sites (N-methyl/N-ethyl adjacent to an activating group) is 1. The highest BCUT2D eigenvalue weighted by Gasteiger charge is 2.30. The van der Waals surface area contributed by atoms with E-state index in [0.29, 0.717) is 6.04 Å². The van der Waals surface area contributed by atoms with Crippen molar-refractivity contribution in [3.63, 3.8) is 0 Å². The predicted octanol–water partition coefficient (Wildman–Crippen LogP) is 2.59. The normalized spacial score (nSPS) is 23.6. The van der Waals surface area contributed by atoms with Crippen molar-refractivity contribution in [3.8, 4) is 5.75 Å². The van der Waals surface area contributed by atoms with Crippen LogP contribution >= 0.6 is 0 Å². The minimum Gasteiger partial charge on any atom is -0.496 e. The molecule has 20 heavy (non-hydrogen) atoms. The van der Waals surface area contributed by atoms with E-state index in [-0.39, 0.29) is 12.1 Å². The Kier molecular flexibility index (Phi) is 4.89. The molecule has 0 radical (unpaired) electrons. The van der Waals surface area contributed by atoms with Crippen LogP contribution in [0.4, 0.5) is 5.69 Å². The quantitative estimate of drug-likeness (QED) is 0.897. The van der Waals surface area contributed by atoms with Gasteiger partial charge in [0.2, 0.25) is 0 Å². The molecule has 4 heteroatoms. The lowest BCUT2D eigenvalue weighted by Crippen LogP contribution is -2.37. The monoisotopic (exact) mass is 278 g/mol. The van der Waals surface area contributed by atoms with Gasteiger partial charge < -0.3 is 19.7 Å². The Morgan fingerprint density at radius 3 is 2.75 bits per heavy atom. The second kappa shape index (κ2) is 6.46. The summed E-state index contributed by atoms with van der Waals surface area (Å²) in [6.07, 6.45) is 1.34. The van der Waals surface area contributed by atoms with Crippen molar-refractivity contribution in [1.29, 1.82) is 0 Å². The Morgan fingerprint density at radius 1 is 1.45 bits per heavy atom. The molecule has 112 valence electrons. The van der Waals surface area contributed by atoms with Crippen molar-refractivity contribution >= 4 is 5.69 Å². The van der Waals surface area contributed by atoms with Crippen molar-refractivity contribution in [2.45, 2.75) is 38.5 Å². The Hall–Kier alpha value is -1.26. The second-order valence-corrected chi connectivity index (χ2v) is 5.45. The molecule has 3 unspecified atom stereocenters. The molecule has 4 nitrogen and oxygen atoms in total. The van der Waals surface area contributed by atoms with Crippen molar-refractivity contribution in [3.05, 3.63) is 23.8 Å². The summed E-state index contributed by atoms with van der Waals surface area (Å²) in [4.78, 5) is 2.34. The number of rotatable bonds is 5. The summed E-state index contributed by atoms with van der Waals surface area (Å²) in [6.45, 7) is 5.15. The van der Waals surface area contributed by atoms with E-state index < -0.39 is 0 Å². The second-order valence-electron chi connectivity index (χ2n) is 5.45. The van der Waals surface area contributed by atoms with Crippen LogP contribution in [0.2, 0.25) is 0 Å². The van der Waals surface area contributed by atoms with E-state index in [4.69, 9.17) is 9.47 Å². The summed E-state index contributed by atoms with van der Waals surface area (Å²) in [5.74, 6) is 0.933. The highest BCUT2D eigenvalue weighted by molar-refractivity contribution is 5.61. The molecule has 1 aliphatic rings. The molecule has 1 heterocycles. The summed E-state index contributed by atoms with van der Waals surface area (Å²) in [5, 5.41) is 3.32. The minimum atomic E-state index is 0.237. The minimum absolute atomic E-state index is 0.237. The number of nitrogens with one attached hydrogen (secondary N) is 1. The average Bonchev–Trinajstić information content (AvgIpc) is 2.90. The Morgan fingerprint density at radius 2 is 2.20 bits per heavy atom. The van der Waals surface area contributed by atoms with Gasteiger partial charge in [0.15, 0.2) is 0 Å². The van der Waals surface area contributed by atoms with E-state index in [1.807, 2.05) is 13.1 Å². The number of hydrogen-bond acceptors (Lipinski definition) is 4. The van der Waals surface area contributed by atoms with Gasteiger partial charge in [0.1, 0.15) is 5.75 Å². The summed E-state index contributed by atoms with van der Waals surface area (Å²) >= 11 is 0. The van der Waals surface area contributed by atoms with E-state index in [0.717, 1.165) is 18.8 Å². The highest BCUT2D eigenvalue weighted by Crippen LogP contribution is 2.36. The molecule has 0 aliphatic carbocycles. The van der Waals surface area contributed by atoms with Crippen LogP contribution in [0, 0.1) is 0 Å². The van der Waals surface area contributed by atoms with Gasteiger partial charge in [-0.05, 0) is 39.4 Å². The topological polar surface area (TPSA) is 33.7 Å². The zero-order valence-electron chi connectivity index (χ0n) is 13.1. The lowest BCUT2D eigenvalue weighted by Gasteiger charge is -2.32. The van der Waals surface area contributed by atoms with E-state index in [1.54, 1.807) is 7.11 Å². The number of hydrogen-bond donors (Lipinski definition) is 1. The molecule has 1 N–H and O–H groups in total. The van der Waals surface area contributed by atoms with Crippen LogP contribution in [-0.2, 0) is 4.74 Å². The fourth-order valence-electron chi connectivity index (χ4n) is 3.01. The lowest BCUT2D eigenvalue weighted by molar-refractivity contribution is 0.118. The van der Waals surface area contributed by atoms with Gasteiger partial charge in [0.25, 0.3) is 0 Å². The van der Waals surface area contributed by atoms with Crippen LogP contribution in [0.3, 0.4) is 0 Å². The van der Waals surface area contributed by atoms with Gasteiger partial charge in [-0.15, -0.1) is 0 Å². The van der Waals surface area contributed by atoms with E-state index >= 15 is 0 Å². The molecule has 0 bridgehead atoms. The van der Waals surface area contributed by atoms with Crippen LogP contribution in [0.15, 0.2) is 18.2 Å². The van der Waals surface area contributed by atoms with Gasteiger partial charge in [0.05, 0.1) is 19.3 Å². The summed E-state index contributed by atoms with van der Waals surface area (Å²) < 4.78 is 11.3. The third-order valence-electron chi connectivity index (χ3n) is 4.34. The Bertz CT molecular complexity index is 450. The number of nitrogens with zero attached hydrogens (tertiary/aromatic N) is 1. The van der Waals surface area contributed by atoms with Crippen LogP contribution in [0.1, 0.15) is 31.9 Å². The van der Waals surface area contributed by atoms with E-state index in [1.165, 1.54) is 11.3 Å². The molecule has 0 saturated carbocycles. The fourth-order valence-corrected chi connectivity index (χ4v) is 3.01. The molecular formula is C16H26N2O2. The first-order chi connectivity index (χ1) is 9.60. The average molecular weight is 278 g/mol. The van der Waals surface area contributed by atoms with Crippen LogP contribution in [0.25, 0.3) is 0 Å². The first kappa shape index (κ1) is 15.1. The molecular weight excluding hydrogens is 252 g/mol. The molecule has 0 amide bonds. The molecule has 0 spiro atoms. The smallest absolute Gasteiger partial charge is 0.125 e. The predicted molar refractivity (Wildman–Crippen MR) is 82.7 cm³/mol. The van der Waals surface area contributed by atoms with Crippen molar-refractivity contribution in [2.24, 2.45) is 0 Å². The zero-order valence-corrected chi connectivity index (χ0v) is 13.1. The van der Waals surface area contributed by atoms with Gasteiger partial charge in [-0.1, -0.05) is 6.07 Å². The standard InChI is InChI=1S/C16H26N2O2/c1-11(17-3)16-14(7-6-8-15(16)19-5)18(4)13-9-10-20-12(13)2/h6-8,11-13,17H,9-10H2,1-5H3. The van der Waals surface area contributed by atoms with Crippen LogP contribution < -0.4 is 15.0 Å². The molecule has 1 saturated heterocycles. The van der Waals surface area contributed by atoms with Crippen LogP contribution in [0.5, 0.6) is 5.75 Å². The van der Waals surface area contributed by atoms with Gasteiger partial charge in [-0.3, -0.25) is 0 Å². The molecule has 1 aromatic rings. The Labute approximate surface area is 122 Å². The summed E-state index contributed by atoms with van der Waals surface area (Å²) in [6, 6.07) is 6.90. The van der Waals surface area contributed by atoms with Crippen molar-refractivity contribution < 1.29 is 9.47 Å². The molecule has 1 aliphatic heterocycles. The maximum absolute atomic E-state index is 5.70. The lowest BCUT2D eigenvalue weighted by atomic mass is 10.0. The molecule has 3 atom stereocenters. The number of anilines is 1. The first-order valence-electron chi connectivity index (χ1n) is 7.28. The SMILES string of the molecule is CNC(C)c1c(OC)cccc1N(C)C1CCOC1C. The van der Waals surface area contributed by atoms with Gasteiger partial charge in [-0.25, -0.2) is 0 Å². The number of methoxy groups -OCH3 is 1. The van der Waals surface area contributed by atoms with E-state index in [9.17, 15) is 0 Å². The van der Waals surface area contributed by atoms with Gasteiger partial charge in [0, 0.05) is 30.9 Å². The largest absolute Gasteiger partial charge is 0.496 e. The molecule has 1 aromatic carbocycles. The summed E-state index contributed by atoms with van der Waals surface area (Å²) in [7, 11) is 5.85. The highest BCUT2D eigenvalue weighted by atomic mass is 16.5. The number of ether oxygens (including phenoxy) is 2. The molecule has 1 fully saturated rings. The van der Waals surface area contributed by atoms with Crippen molar-refractivity contribution in [2.75, 3.05) is 32.7 Å². The molecule has 0 aromatic heterocycles.